The van der Waals surface area contributed by atoms with Crippen molar-refractivity contribution in [3.8, 4) is 0 Å². The molecule has 0 bridgehead atoms. The van der Waals surface area contributed by atoms with Crippen molar-refractivity contribution in [1.29, 1.82) is 0 Å². The van der Waals surface area contributed by atoms with Gasteiger partial charge in [0, 0.05) is 12.8 Å². The van der Waals surface area contributed by atoms with Crippen molar-refractivity contribution in [2.24, 2.45) is 0 Å². The number of carbonyl (C=O) groups is 1. The highest BCUT2D eigenvalue weighted by Gasteiger charge is 2.18. The molecule has 0 fully saturated rings. The predicted octanol–water partition coefficient (Wildman–Crippen LogP) is -0.496. The maximum absolute atomic E-state index is 11.4. The molecule has 0 aliphatic rings. The summed E-state index contributed by atoms with van der Waals surface area (Å²) in [4.78, 5) is 13.3. The number of nitrogens with one attached hydrogen (secondary N) is 1. The first-order valence-corrected chi connectivity index (χ1v) is 8.03. The number of esters is 1. The molecule has 0 radical (unpaired) electrons. The molecular formula is C11H24N2O4S. The predicted molar refractivity (Wildman–Crippen MR) is 71.3 cm³/mol. The first-order chi connectivity index (χ1) is 8.30. The molecule has 0 heterocycles. The molecular weight excluding hydrogens is 256 g/mol. The van der Waals surface area contributed by atoms with E-state index in [1.807, 2.05) is 18.9 Å². The molecule has 0 rings (SSSR count). The van der Waals surface area contributed by atoms with Crippen LogP contribution >= 0.6 is 0 Å². The van der Waals surface area contributed by atoms with Crippen LogP contribution in [0.1, 0.15) is 13.3 Å². The maximum atomic E-state index is 11.4. The molecule has 0 spiro atoms. The number of sulfone groups is 1. The van der Waals surface area contributed by atoms with Crippen LogP contribution < -0.4 is 5.32 Å². The van der Waals surface area contributed by atoms with Crippen LogP contribution in [-0.2, 0) is 19.4 Å². The lowest BCUT2D eigenvalue weighted by Gasteiger charge is -2.20. The highest BCUT2D eigenvalue weighted by molar-refractivity contribution is 7.90. The number of carbonyl (C=O) groups excluding carboxylic acids is 1. The van der Waals surface area contributed by atoms with E-state index < -0.39 is 9.84 Å². The van der Waals surface area contributed by atoms with Gasteiger partial charge in [0.05, 0.1) is 12.9 Å². The van der Waals surface area contributed by atoms with Crippen LogP contribution in [0, 0.1) is 0 Å². The van der Waals surface area contributed by atoms with Crippen molar-refractivity contribution in [2.45, 2.75) is 19.4 Å². The zero-order valence-electron chi connectivity index (χ0n) is 11.6. The van der Waals surface area contributed by atoms with E-state index in [1.165, 1.54) is 13.4 Å². The van der Waals surface area contributed by atoms with Crippen molar-refractivity contribution < 1.29 is 17.9 Å². The molecule has 1 N–H and O–H groups in total. The molecule has 0 aromatic carbocycles. The van der Waals surface area contributed by atoms with E-state index in [0.717, 1.165) is 0 Å². The molecule has 0 saturated carbocycles. The second-order valence-corrected chi connectivity index (χ2v) is 6.62. The maximum Gasteiger partial charge on any atom is 0.322 e. The van der Waals surface area contributed by atoms with Gasteiger partial charge < -0.3 is 15.0 Å². The number of ether oxygens (including phenoxy) is 1. The Hall–Kier alpha value is -0.660. The lowest BCUT2D eigenvalue weighted by Crippen LogP contribution is -2.40. The van der Waals surface area contributed by atoms with Crippen molar-refractivity contribution in [3.05, 3.63) is 0 Å². The van der Waals surface area contributed by atoms with Gasteiger partial charge in [-0.2, -0.15) is 0 Å². The number of rotatable bonds is 9. The van der Waals surface area contributed by atoms with Crippen LogP contribution in [0.25, 0.3) is 0 Å². The minimum atomic E-state index is -2.94. The number of likely N-dealkylation sites (N-methyl/N-ethyl adjacent to an activating group) is 1. The van der Waals surface area contributed by atoms with E-state index in [2.05, 4.69) is 5.32 Å². The Morgan fingerprint density at radius 3 is 2.44 bits per heavy atom. The van der Waals surface area contributed by atoms with Crippen LogP contribution in [-0.4, -0.2) is 71.1 Å². The molecule has 0 saturated heterocycles. The second-order valence-electron chi connectivity index (χ2n) is 4.36. The number of hydrogen-bond acceptors (Lipinski definition) is 6. The van der Waals surface area contributed by atoms with Gasteiger partial charge in [-0.25, -0.2) is 8.42 Å². The van der Waals surface area contributed by atoms with E-state index in [4.69, 9.17) is 4.74 Å². The number of methoxy groups -OCH3 is 1. The summed E-state index contributed by atoms with van der Waals surface area (Å²) in [6, 6.07) is -0.333. The normalized spacial score (nSPS) is 13.6. The van der Waals surface area contributed by atoms with Gasteiger partial charge in [0.25, 0.3) is 0 Å². The molecule has 1 unspecified atom stereocenters. The molecule has 0 aliphatic carbocycles. The first kappa shape index (κ1) is 17.3. The SMILES string of the molecule is CCNC(CCN(C)CCS(C)(=O)=O)C(=O)OC. The van der Waals surface area contributed by atoms with E-state index in [1.54, 1.807) is 0 Å². The number of hydrogen-bond donors (Lipinski definition) is 1. The molecule has 0 amide bonds. The summed E-state index contributed by atoms with van der Waals surface area (Å²) < 4.78 is 26.7. The largest absolute Gasteiger partial charge is 0.468 e. The lowest BCUT2D eigenvalue weighted by molar-refractivity contribution is -0.143. The molecule has 18 heavy (non-hydrogen) atoms. The summed E-state index contributed by atoms with van der Waals surface area (Å²) in [5.41, 5.74) is 0. The average Bonchev–Trinajstić information content (AvgIpc) is 2.30. The number of nitrogens with zero attached hydrogens (tertiary/aromatic N) is 1. The van der Waals surface area contributed by atoms with Crippen LogP contribution in [0.5, 0.6) is 0 Å². The zero-order valence-corrected chi connectivity index (χ0v) is 12.4. The molecule has 108 valence electrons. The summed E-state index contributed by atoms with van der Waals surface area (Å²) in [6.45, 7) is 3.72. The second kappa shape index (κ2) is 8.44. The van der Waals surface area contributed by atoms with Crippen molar-refractivity contribution >= 4 is 15.8 Å². The highest BCUT2D eigenvalue weighted by atomic mass is 32.2. The van der Waals surface area contributed by atoms with E-state index in [9.17, 15) is 13.2 Å². The van der Waals surface area contributed by atoms with Crippen LogP contribution in [0.3, 0.4) is 0 Å². The van der Waals surface area contributed by atoms with Gasteiger partial charge in [-0.3, -0.25) is 4.79 Å². The zero-order chi connectivity index (χ0) is 14.2. The van der Waals surface area contributed by atoms with Crippen LogP contribution in [0.15, 0.2) is 0 Å². The monoisotopic (exact) mass is 280 g/mol. The molecule has 0 aromatic rings. The minimum Gasteiger partial charge on any atom is -0.468 e. The van der Waals surface area contributed by atoms with Crippen LogP contribution in [0.2, 0.25) is 0 Å². The van der Waals surface area contributed by atoms with E-state index in [-0.39, 0.29) is 17.8 Å². The third-order valence-corrected chi connectivity index (χ3v) is 3.50. The summed E-state index contributed by atoms with van der Waals surface area (Å²) >= 11 is 0. The Balaban J connectivity index is 4.06. The molecule has 0 aliphatic heterocycles. The highest BCUT2D eigenvalue weighted by Crippen LogP contribution is 1.98. The topological polar surface area (TPSA) is 75.7 Å². The van der Waals surface area contributed by atoms with Gasteiger partial charge in [-0.15, -0.1) is 0 Å². The fourth-order valence-electron chi connectivity index (χ4n) is 1.47. The van der Waals surface area contributed by atoms with E-state index in [0.29, 0.717) is 26.1 Å². The summed E-state index contributed by atoms with van der Waals surface area (Å²) in [5, 5.41) is 3.04. The Bertz CT molecular complexity index is 343. The van der Waals surface area contributed by atoms with Crippen molar-refractivity contribution in [1.82, 2.24) is 10.2 Å². The van der Waals surface area contributed by atoms with Gasteiger partial charge in [-0.1, -0.05) is 6.92 Å². The van der Waals surface area contributed by atoms with Gasteiger partial charge in [0.15, 0.2) is 0 Å². The first-order valence-electron chi connectivity index (χ1n) is 5.97. The Morgan fingerprint density at radius 1 is 1.39 bits per heavy atom. The van der Waals surface area contributed by atoms with Gasteiger partial charge in [-0.05, 0) is 26.6 Å². The van der Waals surface area contributed by atoms with Crippen LogP contribution in [0.4, 0.5) is 0 Å². The summed E-state index contributed by atoms with van der Waals surface area (Å²) in [5.74, 6) is -0.151. The van der Waals surface area contributed by atoms with Crippen molar-refractivity contribution in [2.75, 3.05) is 45.8 Å². The third-order valence-electron chi connectivity index (χ3n) is 2.58. The fraction of sp³-hybridized carbons (Fsp3) is 0.909. The fourth-order valence-corrected chi connectivity index (χ4v) is 2.12. The third kappa shape index (κ3) is 8.43. The molecule has 6 nitrogen and oxygen atoms in total. The van der Waals surface area contributed by atoms with Crippen molar-refractivity contribution in [3.63, 3.8) is 0 Å². The minimum absolute atomic E-state index is 0.133. The Labute approximate surface area is 110 Å². The Morgan fingerprint density at radius 2 is 2.00 bits per heavy atom. The summed E-state index contributed by atoms with van der Waals surface area (Å²) in [7, 11) is 0.262. The van der Waals surface area contributed by atoms with Gasteiger partial charge >= 0.3 is 5.97 Å². The van der Waals surface area contributed by atoms with E-state index >= 15 is 0 Å². The van der Waals surface area contributed by atoms with Gasteiger partial charge in [0.1, 0.15) is 15.9 Å². The van der Waals surface area contributed by atoms with Gasteiger partial charge in [0.2, 0.25) is 0 Å². The standard InChI is InChI=1S/C11H24N2O4S/c1-5-12-10(11(14)17-3)6-7-13(2)8-9-18(4,15)16/h10,12H,5-9H2,1-4H3. The average molecular weight is 280 g/mol. The Kier molecular flexibility index (Phi) is 8.13. The smallest absolute Gasteiger partial charge is 0.322 e. The molecule has 0 aromatic heterocycles. The lowest BCUT2D eigenvalue weighted by atomic mass is 10.2. The molecule has 1 atom stereocenters. The quantitative estimate of drug-likeness (QED) is 0.574. The summed E-state index contributed by atoms with van der Waals surface area (Å²) in [6.07, 6.45) is 1.82. The molecule has 7 heteroatoms.